The van der Waals surface area contributed by atoms with Gasteiger partial charge in [0.05, 0.1) is 18.3 Å². The van der Waals surface area contributed by atoms with Crippen molar-refractivity contribution in [3.63, 3.8) is 0 Å². The van der Waals surface area contributed by atoms with Crippen molar-refractivity contribution in [3.05, 3.63) is 17.7 Å². The Balaban J connectivity index is 2.79. The Morgan fingerprint density at radius 1 is 1.44 bits per heavy atom. The Hall–Kier alpha value is -0.870. The van der Waals surface area contributed by atoms with Crippen LogP contribution in [0.1, 0.15) is 52.2 Å². The second kappa shape index (κ2) is 5.85. The van der Waals surface area contributed by atoms with E-state index in [1.54, 1.807) is 0 Å². The van der Waals surface area contributed by atoms with Crippen molar-refractivity contribution >= 4 is 0 Å². The van der Waals surface area contributed by atoms with Gasteiger partial charge >= 0.3 is 0 Å². The summed E-state index contributed by atoms with van der Waals surface area (Å²) in [5, 5.41) is 13.5. The maximum absolute atomic E-state index is 10.2. The lowest BCUT2D eigenvalue weighted by atomic mass is 9.89. The van der Waals surface area contributed by atoms with Crippen molar-refractivity contribution in [2.45, 2.75) is 60.2 Å². The van der Waals surface area contributed by atoms with E-state index >= 15 is 0 Å². The zero-order valence-electron chi connectivity index (χ0n) is 12.5. The van der Waals surface area contributed by atoms with Gasteiger partial charge in [-0.25, -0.2) is 4.98 Å². The van der Waals surface area contributed by atoms with Crippen LogP contribution >= 0.6 is 0 Å². The topological polar surface area (TPSA) is 50.1 Å². The van der Waals surface area contributed by atoms with Crippen LogP contribution in [0.15, 0.2) is 6.20 Å². The summed E-state index contributed by atoms with van der Waals surface area (Å²) >= 11 is 0. The second-order valence-electron chi connectivity index (χ2n) is 6.03. The summed E-state index contributed by atoms with van der Waals surface area (Å²) in [6, 6.07) is 0.252. The third-order valence-corrected chi connectivity index (χ3v) is 3.32. The standard InChI is InChI=1S/C14H27N3O/c1-7-15-10(2)12-8-17(11(3)16-12)9-13(18)14(4,5)6/h8,10,13,15,18H,7,9H2,1-6H3. The smallest absolute Gasteiger partial charge is 0.105 e. The molecule has 0 saturated heterocycles. The first-order chi connectivity index (χ1) is 8.25. The number of nitrogens with zero attached hydrogens (tertiary/aromatic N) is 2. The van der Waals surface area contributed by atoms with Gasteiger partial charge in [0.1, 0.15) is 5.82 Å². The first-order valence-corrected chi connectivity index (χ1v) is 6.70. The third-order valence-electron chi connectivity index (χ3n) is 3.32. The van der Waals surface area contributed by atoms with E-state index in [9.17, 15) is 5.11 Å². The van der Waals surface area contributed by atoms with E-state index in [-0.39, 0.29) is 17.6 Å². The number of aliphatic hydroxyl groups excluding tert-OH is 1. The molecule has 0 aliphatic carbocycles. The molecule has 2 N–H and O–H groups in total. The lowest BCUT2D eigenvalue weighted by Crippen LogP contribution is -2.30. The highest BCUT2D eigenvalue weighted by atomic mass is 16.3. The Bertz CT molecular complexity index is 379. The minimum atomic E-state index is -0.368. The van der Waals surface area contributed by atoms with E-state index < -0.39 is 0 Å². The van der Waals surface area contributed by atoms with Gasteiger partial charge in [-0.05, 0) is 25.8 Å². The molecule has 0 bridgehead atoms. The van der Waals surface area contributed by atoms with Gasteiger partial charge in [-0.2, -0.15) is 0 Å². The summed E-state index contributed by atoms with van der Waals surface area (Å²) in [5.74, 6) is 0.957. The maximum Gasteiger partial charge on any atom is 0.105 e. The van der Waals surface area contributed by atoms with Crippen LogP contribution in [0.2, 0.25) is 0 Å². The monoisotopic (exact) mass is 253 g/mol. The van der Waals surface area contributed by atoms with E-state index in [2.05, 4.69) is 24.1 Å². The third kappa shape index (κ3) is 3.82. The second-order valence-corrected chi connectivity index (χ2v) is 6.03. The van der Waals surface area contributed by atoms with Gasteiger partial charge in [0.15, 0.2) is 0 Å². The summed E-state index contributed by atoms with van der Waals surface area (Å²) in [6.45, 7) is 13.8. The van der Waals surface area contributed by atoms with Gasteiger partial charge in [-0.1, -0.05) is 27.7 Å². The van der Waals surface area contributed by atoms with E-state index in [0.717, 1.165) is 18.1 Å². The van der Waals surface area contributed by atoms with Crippen LogP contribution in [0.4, 0.5) is 0 Å². The lowest BCUT2D eigenvalue weighted by Gasteiger charge is -2.26. The van der Waals surface area contributed by atoms with E-state index in [1.807, 2.05) is 38.5 Å². The van der Waals surface area contributed by atoms with Crippen LogP contribution in [-0.2, 0) is 6.54 Å². The average Bonchev–Trinajstić information content (AvgIpc) is 2.59. The highest BCUT2D eigenvalue weighted by molar-refractivity contribution is 5.07. The molecule has 1 rings (SSSR count). The summed E-state index contributed by atoms with van der Waals surface area (Å²) in [4.78, 5) is 4.55. The zero-order valence-corrected chi connectivity index (χ0v) is 12.5. The fourth-order valence-corrected chi connectivity index (χ4v) is 1.80. The number of aryl methyl sites for hydroxylation is 1. The summed E-state index contributed by atoms with van der Waals surface area (Å²) in [5.41, 5.74) is 0.930. The normalized spacial score (nSPS) is 15.7. The first-order valence-electron chi connectivity index (χ1n) is 6.70. The molecule has 4 heteroatoms. The van der Waals surface area contributed by atoms with Crippen LogP contribution in [0.25, 0.3) is 0 Å². The molecule has 18 heavy (non-hydrogen) atoms. The SMILES string of the molecule is CCNC(C)c1cn(CC(O)C(C)(C)C)c(C)n1. The van der Waals surface area contributed by atoms with Crippen LogP contribution in [0, 0.1) is 12.3 Å². The van der Waals surface area contributed by atoms with Crippen molar-refractivity contribution in [2.75, 3.05) is 6.54 Å². The van der Waals surface area contributed by atoms with Crippen molar-refractivity contribution in [2.24, 2.45) is 5.41 Å². The van der Waals surface area contributed by atoms with E-state index in [4.69, 9.17) is 0 Å². The fraction of sp³-hybridized carbons (Fsp3) is 0.786. The highest BCUT2D eigenvalue weighted by Gasteiger charge is 2.23. The van der Waals surface area contributed by atoms with Crippen LogP contribution in [-0.4, -0.2) is 27.3 Å². The molecular formula is C14H27N3O. The Kier molecular flexibility index (Phi) is 4.93. The van der Waals surface area contributed by atoms with Gasteiger partial charge in [-0.15, -0.1) is 0 Å². The summed E-state index contributed by atoms with van der Waals surface area (Å²) in [6.07, 6.45) is 1.67. The quantitative estimate of drug-likeness (QED) is 0.846. The number of aliphatic hydroxyl groups is 1. The highest BCUT2D eigenvalue weighted by Crippen LogP contribution is 2.21. The van der Waals surface area contributed by atoms with Crippen LogP contribution in [0.3, 0.4) is 0 Å². The minimum Gasteiger partial charge on any atom is -0.391 e. The van der Waals surface area contributed by atoms with Crippen LogP contribution in [0.5, 0.6) is 0 Å². The molecular weight excluding hydrogens is 226 g/mol. The predicted molar refractivity (Wildman–Crippen MR) is 74.5 cm³/mol. The van der Waals surface area contributed by atoms with Crippen molar-refractivity contribution < 1.29 is 5.11 Å². The van der Waals surface area contributed by atoms with Gasteiger partial charge in [0.2, 0.25) is 0 Å². The van der Waals surface area contributed by atoms with Crippen molar-refractivity contribution in [1.29, 1.82) is 0 Å². The average molecular weight is 253 g/mol. The molecule has 1 heterocycles. The number of imidazole rings is 1. The molecule has 0 amide bonds. The van der Waals surface area contributed by atoms with Gasteiger partial charge in [-0.3, -0.25) is 0 Å². The lowest BCUT2D eigenvalue weighted by molar-refractivity contribution is 0.0475. The van der Waals surface area contributed by atoms with Gasteiger partial charge < -0.3 is 15.0 Å². The molecule has 0 radical (unpaired) electrons. The molecule has 0 aliphatic rings. The molecule has 0 aromatic carbocycles. The molecule has 104 valence electrons. The first kappa shape index (κ1) is 15.2. The van der Waals surface area contributed by atoms with Crippen LogP contribution < -0.4 is 5.32 Å². The molecule has 2 unspecified atom stereocenters. The Morgan fingerprint density at radius 3 is 2.56 bits per heavy atom. The van der Waals surface area contributed by atoms with Gasteiger partial charge in [0.25, 0.3) is 0 Å². The van der Waals surface area contributed by atoms with E-state index in [0.29, 0.717) is 6.54 Å². The number of rotatable bonds is 5. The largest absolute Gasteiger partial charge is 0.391 e. The molecule has 2 atom stereocenters. The number of hydrogen-bond donors (Lipinski definition) is 2. The number of hydrogen-bond acceptors (Lipinski definition) is 3. The van der Waals surface area contributed by atoms with E-state index in [1.165, 1.54) is 0 Å². The number of aromatic nitrogens is 2. The van der Waals surface area contributed by atoms with Gasteiger partial charge in [0, 0.05) is 12.2 Å². The molecule has 0 fully saturated rings. The molecule has 0 spiro atoms. The van der Waals surface area contributed by atoms with Crippen molar-refractivity contribution in [3.8, 4) is 0 Å². The Labute approximate surface area is 110 Å². The molecule has 0 aliphatic heterocycles. The predicted octanol–water partition coefficient (Wildman–Crippen LogP) is 2.27. The molecule has 1 aromatic rings. The van der Waals surface area contributed by atoms with Crippen molar-refractivity contribution in [1.82, 2.24) is 14.9 Å². The zero-order chi connectivity index (χ0) is 13.9. The fourth-order valence-electron chi connectivity index (χ4n) is 1.80. The molecule has 1 aromatic heterocycles. The molecule has 0 saturated carbocycles. The summed E-state index contributed by atoms with van der Waals surface area (Å²) < 4.78 is 2.04. The Morgan fingerprint density at radius 2 is 2.06 bits per heavy atom. The maximum atomic E-state index is 10.2. The summed E-state index contributed by atoms with van der Waals surface area (Å²) in [7, 11) is 0. The molecule has 4 nitrogen and oxygen atoms in total. The minimum absolute atomic E-state index is 0.107. The number of nitrogens with one attached hydrogen (secondary N) is 1.